The number of ether oxygens (including phenoxy) is 2. The number of carbonyl (C=O) groups excluding carboxylic acids is 1. The monoisotopic (exact) mass is 267 g/mol. The van der Waals surface area contributed by atoms with Crippen LogP contribution in [0.2, 0.25) is 0 Å². The summed E-state index contributed by atoms with van der Waals surface area (Å²) in [6, 6.07) is 1.77. The molecule has 0 saturated carbocycles. The first kappa shape index (κ1) is 15.2. The molecule has 0 aromatic carbocycles. The van der Waals surface area contributed by atoms with Crippen LogP contribution in [0.4, 0.5) is 5.82 Å². The number of aryl methyl sites for hydroxylation is 1. The fraction of sp³-hybridized carbons (Fsp3) is 0.615. The van der Waals surface area contributed by atoms with Gasteiger partial charge < -0.3 is 14.8 Å². The fourth-order valence-electron chi connectivity index (χ4n) is 1.63. The number of methoxy groups -OCH3 is 2. The summed E-state index contributed by atoms with van der Waals surface area (Å²) in [7, 11) is 2.99. The zero-order chi connectivity index (χ0) is 14.1. The van der Waals surface area contributed by atoms with E-state index >= 15 is 0 Å². The zero-order valence-corrected chi connectivity index (χ0v) is 11.7. The lowest BCUT2D eigenvalue weighted by Crippen LogP contribution is -2.06. The fourth-order valence-corrected chi connectivity index (χ4v) is 1.63. The molecule has 106 valence electrons. The first-order chi connectivity index (χ1) is 9.15. The van der Waals surface area contributed by atoms with Crippen LogP contribution < -0.4 is 10.1 Å². The van der Waals surface area contributed by atoms with Gasteiger partial charge >= 0.3 is 5.97 Å². The molecule has 0 aliphatic rings. The van der Waals surface area contributed by atoms with Gasteiger partial charge in [-0.05, 0) is 19.8 Å². The summed E-state index contributed by atoms with van der Waals surface area (Å²) in [6.45, 7) is 2.63. The SMILES string of the molecule is COC(=O)CCCCCNc1cc(OC)nc(C)n1. The highest BCUT2D eigenvalue weighted by molar-refractivity contribution is 5.68. The van der Waals surface area contributed by atoms with E-state index in [2.05, 4.69) is 20.0 Å². The Kier molecular flexibility index (Phi) is 6.63. The van der Waals surface area contributed by atoms with E-state index in [4.69, 9.17) is 4.74 Å². The lowest BCUT2D eigenvalue weighted by Gasteiger charge is -2.07. The van der Waals surface area contributed by atoms with E-state index in [1.54, 1.807) is 13.2 Å². The van der Waals surface area contributed by atoms with Crippen LogP contribution >= 0.6 is 0 Å². The summed E-state index contributed by atoms with van der Waals surface area (Å²) in [5, 5.41) is 3.22. The van der Waals surface area contributed by atoms with Crippen molar-refractivity contribution in [3.63, 3.8) is 0 Å². The Morgan fingerprint density at radius 3 is 2.74 bits per heavy atom. The highest BCUT2D eigenvalue weighted by Gasteiger charge is 2.02. The van der Waals surface area contributed by atoms with Crippen molar-refractivity contribution in [2.75, 3.05) is 26.1 Å². The second kappa shape index (κ2) is 8.29. The summed E-state index contributed by atoms with van der Waals surface area (Å²) < 4.78 is 9.66. The van der Waals surface area contributed by atoms with Crippen molar-refractivity contribution in [1.82, 2.24) is 9.97 Å². The molecule has 0 fully saturated rings. The Labute approximate surface area is 113 Å². The molecule has 0 radical (unpaired) electrons. The average Bonchev–Trinajstić information content (AvgIpc) is 2.41. The van der Waals surface area contributed by atoms with Crippen LogP contribution in [0, 0.1) is 6.92 Å². The number of hydrogen-bond donors (Lipinski definition) is 1. The second-order valence-corrected chi connectivity index (χ2v) is 4.16. The summed E-state index contributed by atoms with van der Waals surface area (Å²) in [4.78, 5) is 19.3. The maximum atomic E-state index is 10.9. The summed E-state index contributed by atoms with van der Waals surface area (Å²) in [6.07, 6.45) is 3.28. The third-order valence-electron chi connectivity index (χ3n) is 2.62. The van der Waals surface area contributed by atoms with Gasteiger partial charge in [-0.1, -0.05) is 6.42 Å². The molecule has 0 unspecified atom stereocenters. The number of esters is 1. The lowest BCUT2D eigenvalue weighted by molar-refractivity contribution is -0.140. The quantitative estimate of drug-likeness (QED) is 0.573. The largest absolute Gasteiger partial charge is 0.481 e. The van der Waals surface area contributed by atoms with Crippen molar-refractivity contribution in [2.45, 2.75) is 32.6 Å². The summed E-state index contributed by atoms with van der Waals surface area (Å²) >= 11 is 0. The van der Waals surface area contributed by atoms with Crippen LogP contribution in [0.5, 0.6) is 5.88 Å². The minimum absolute atomic E-state index is 0.149. The molecule has 0 amide bonds. The van der Waals surface area contributed by atoms with E-state index < -0.39 is 0 Å². The minimum atomic E-state index is -0.149. The van der Waals surface area contributed by atoms with E-state index in [1.807, 2.05) is 6.92 Å². The lowest BCUT2D eigenvalue weighted by atomic mass is 10.2. The van der Waals surface area contributed by atoms with Gasteiger partial charge in [0.1, 0.15) is 11.6 Å². The van der Waals surface area contributed by atoms with Gasteiger partial charge in [0, 0.05) is 19.0 Å². The Morgan fingerprint density at radius 1 is 1.26 bits per heavy atom. The van der Waals surface area contributed by atoms with Crippen molar-refractivity contribution in [2.24, 2.45) is 0 Å². The van der Waals surface area contributed by atoms with Gasteiger partial charge in [0.25, 0.3) is 0 Å². The van der Waals surface area contributed by atoms with Crippen molar-refractivity contribution in [1.29, 1.82) is 0 Å². The van der Waals surface area contributed by atoms with Crippen molar-refractivity contribution >= 4 is 11.8 Å². The molecule has 0 saturated heterocycles. The second-order valence-electron chi connectivity index (χ2n) is 4.16. The van der Waals surface area contributed by atoms with Crippen LogP contribution in [-0.4, -0.2) is 36.7 Å². The molecule has 1 N–H and O–H groups in total. The topological polar surface area (TPSA) is 73.3 Å². The molecule has 1 rings (SSSR count). The number of carbonyl (C=O) groups is 1. The molecule has 6 heteroatoms. The standard InChI is InChI=1S/C13H21N3O3/c1-10-15-11(9-12(16-10)18-2)14-8-6-4-5-7-13(17)19-3/h9H,4-8H2,1-3H3,(H,14,15,16). The summed E-state index contributed by atoms with van der Waals surface area (Å²) in [5.41, 5.74) is 0. The van der Waals surface area contributed by atoms with Gasteiger partial charge in [0.2, 0.25) is 5.88 Å². The van der Waals surface area contributed by atoms with Gasteiger partial charge in [-0.2, -0.15) is 4.98 Å². The van der Waals surface area contributed by atoms with Crippen LogP contribution in [0.1, 0.15) is 31.5 Å². The Hall–Kier alpha value is -1.85. The first-order valence-corrected chi connectivity index (χ1v) is 6.36. The molecule has 6 nitrogen and oxygen atoms in total. The van der Waals surface area contributed by atoms with E-state index in [-0.39, 0.29) is 5.97 Å². The number of aromatic nitrogens is 2. The number of nitrogens with zero attached hydrogens (tertiary/aromatic N) is 2. The first-order valence-electron chi connectivity index (χ1n) is 6.36. The van der Waals surface area contributed by atoms with E-state index in [9.17, 15) is 4.79 Å². The molecule has 1 aromatic rings. The van der Waals surface area contributed by atoms with E-state index in [1.165, 1.54) is 7.11 Å². The number of anilines is 1. The number of rotatable bonds is 8. The molecular weight excluding hydrogens is 246 g/mol. The Balaban J connectivity index is 2.22. The maximum Gasteiger partial charge on any atom is 0.305 e. The molecule has 0 aliphatic heterocycles. The molecule has 19 heavy (non-hydrogen) atoms. The maximum absolute atomic E-state index is 10.9. The molecule has 0 spiro atoms. The van der Waals surface area contributed by atoms with Crippen molar-refractivity contribution < 1.29 is 14.3 Å². The van der Waals surface area contributed by atoms with Crippen molar-refractivity contribution in [3.05, 3.63) is 11.9 Å². The predicted molar refractivity (Wildman–Crippen MR) is 72.3 cm³/mol. The highest BCUT2D eigenvalue weighted by Crippen LogP contribution is 2.12. The molecule has 0 bridgehead atoms. The van der Waals surface area contributed by atoms with Gasteiger partial charge in [-0.15, -0.1) is 0 Å². The van der Waals surface area contributed by atoms with E-state index in [0.29, 0.717) is 18.1 Å². The molecule has 1 heterocycles. The van der Waals surface area contributed by atoms with Crippen LogP contribution in [0.3, 0.4) is 0 Å². The highest BCUT2D eigenvalue weighted by atomic mass is 16.5. The molecule has 0 atom stereocenters. The van der Waals surface area contributed by atoms with Gasteiger partial charge in [-0.3, -0.25) is 4.79 Å². The molecular formula is C13H21N3O3. The normalized spacial score (nSPS) is 10.1. The van der Waals surface area contributed by atoms with Gasteiger partial charge in [-0.25, -0.2) is 4.98 Å². The molecule has 0 aliphatic carbocycles. The smallest absolute Gasteiger partial charge is 0.305 e. The van der Waals surface area contributed by atoms with Crippen molar-refractivity contribution in [3.8, 4) is 5.88 Å². The Bertz CT molecular complexity index is 410. The summed E-state index contributed by atoms with van der Waals surface area (Å²) in [5.74, 6) is 1.84. The van der Waals surface area contributed by atoms with Crippen LogP contribution in [0.25, 0.3) is 0 Å². The average molecular weight is 267 g/mol. The number of nitrogens with one attached hydrogen (secondary N) is 1. The number of hydrogen-bond acceptors (Lipinski definition) is 6. The van der Waals surface area contributed by atoms with Gasteiger partial charge in [0.05, 0.1) is 14.2 Å². The van der Waals surface area contributed by atoms with Crippen LogP contribution in [0.15, 0.2) is 6.07 Å². The Morgan fingerprint density at radius 2 is 2.05 bits per heavy atom. The predicted octanol–water partition coefficient (Wildman–Crippen LogP) is 1.94. The number of unbranched alkanes of at least 4 members (excludes halogenated alkanes) is 2. The third-order valence-corrected chi connectivity index (χ3v) is 2.62. The van der Waals surface area contributed by atoms with E-state index in [0.717, 1.165) is 31.6 Å². The van der Waals surface area contributed by atoms with Crippen LogP contribution in [-0.2, 0) is 9.53 Å². The minimum Gasteiger partial charge on any atom is -0.481 e. The zero-order valence-electron chi connectivity index (χ0n) is 11.7. The third kappa shape index (κ3) is 6.03. The molecule has 1 aromatic heterocycles. The van der Waals surface area contributed by atoms with Gasteiger partial charge in [0.15, 0.2) is 0 Å².